The van der Waals surface area contributed by atoms with E-state index >= 15 is 0 Å². The molecule has 0 amide bonds. The van der Waals surface area contributed by atoms with E-state index in [1.807, 2.05) is 6.07 Å². The third-order valence-corrected chi connectivity index (χ3v) is 1.96. The lowest BCUT2D eigenvalue weighted by atomic mass is 9.91. The summed E-state index contributed by atoms with van der Waals surface area (Å²) in [6, 6.07) is 2.00. The third-order valence-electron chi connectivity index (χ3n) is 1.96. The van der Waals surface area contributed by atoms with Crippen molar-refractivity contribution in [3.8, 4) is 6.07 Å². The number of rotatable bonds is 2. The molecule has 3 nitrogen and oxygen atoms in total. The Morgan fingerprint density at radius 2 is 2.42 bits per heavy atom. The Kier molecular flexibility index (Phi) is 2.64. The van der Waals surface area contributed by atoms with Crippen LogP contribution in [0.4, 0.5) is 0 Å². The topological polar surface area (TPSA) is 53.2 Å². The monoisotopic (exact) mass is 165 g/mol. The molecule has 3 heteroatoms. The van der Waals surface area contributed by atoms with Crippen LogP contribution in [0.3, 0.4) is 0 Å². The van der Waals surface area contributed by atoms with Crippen LogP contribution in [0.5, 0.6) is 0 Å². The minimum atomic E-state index is -1.30. The first-order chi connectivity index (χ1) is 5.73. The van der Waals surface area contributed by atoms with Gasteiger partial charge < -0.3 is 9.84 Å². The Morgan fingerprint density at radius 1 is 1.67 bits per heavy atom. The maximum absolute atomic E-state index is 9.76. The molecule has 0 saturated heterocycles. The zero-order valence-electron chi connectivity index (χ0n) is 6.90. The van der Waals surface area contributed by atoms with E-state index in [-0.39, 0.29) is 12.3 Å². The summed E-state index contributed by atoms with van der Waals surface area (Å²) in [5, 5.41) is 18.2. The lowest BCUT2D eigenvalue weighted by Gasteiger charge is -2.30. The molecule has 0 aromatic rings. The second-order valence-corrected chi connectivity index (χ2v) is 2.67. The molecule has 1 aliphatic rings. The van der Waals surface area contributed by atoms with Crippen molar-refractivity contribution < 1.29 is 9.84 Å². The maximum Gasteiger partial charge on any atom is 0.192 e. The standard InChI is InChI=1S/C9H11NO2/c1-12-9(11)6-3-2-4-8(9)5-7-10/h2-4,6,8,11H,5H2,1H3. The summed E-state index contributed by atoms with van der Waals surface area (Å²) in [5.74, 6) is -1.57. The number of hydrogen-bond acceptors (Lipinski definition) is 3. The lowest BCUT2D eigenvalue weighted by molar-refractivity contribution is -0.172. The first-order valence-corrected chi connectivity index (χ1v) is 3.73. The number of nitrogens with zero attached hydrogens (tertiary/aromatic N) is 1. The van der Waals surface area contributed by atoms with Crippen molar-refractivity contribution in [1.82, 2.24) is 0 Å². The van der Waals surface area contributed by atoms with Crippen LogP contribution in [-0.2, 0) is 4.74 Å². The molecule has 2 atom stereocenters. The van der Waals surface area contributed by atoms with Crippen LogP contribution in [0.25, 0.3) is 0 Å². The summed E-state index contributed by atoms with van der Waals surface area (Å²) in [4.78, 5) is 0. The molecule has 0 heterocycles. The third kappa shape index (κ3) is 1.55. The van der Waals surface area contributed by atoms with Crippen LogP contribution in [0.1, 0.15) is 6.42 Å². The Morgan fingerprint density at radius 3 is 3.00 bits per heavy atom. The van der Waals surface area contributed by atoms with Gasteiger partial charge in [-0.1, -0.05) is 18.2 Å². The number of aliphatic hydroxyl groups is 1. The van der Waals surface area contributed by atoms with E-state index in [4.69, 9.17) is 10.00 Å². The molecule has 1 N–H and O–H groups in total. The molecule has 12 heavy (non-hydrogen) atoms. The highest BCUT2D eigenvalue weighted by Gasteiger charge is 2.33. The van der Waals surface area contributed by atoms with E-state index < -0.39 is 5.79 Å². The van der Waals surface area contributed by atoms with Gasteiger partial charge >= 0.3 is 0 Å². The summed E-state index contributed by atoms with van der Waals surface area (Å²) >= 11 is 0. The average Bonchev–Trinajstić information content (AvgIpc) is 2.10. The molecule has 0 aliphatic heterocycles. The summed E-state index contributed by atoms with van der Waals surface area (Å²) < 4.78 is 4.91. The molecule has 0 spiro atoms. The zero-order chi connectivity index (χ0) is 9.03. The van der Waals surface area contributed by atoms with E-state index in [0.717, 1.165) is 0 Å². The summed E-state index contributed by atoms with van der Waals surface area (Å²) in [6.07, 6.45) is 7.08. The van der Waals surface area contributed by atoms with Crippen LogP contribution in [0, 0.1) is 17.2 Å². The van der Waals surface area contributed by atoms with Crippen LogP contribution in [-0.4, -0.2) is 18.0 Å². The average molecular weight is 165 g/mol. The van der Waals surface area contributed by atoms with Gasteiger partial charge in [0.1, 0.15) is 0 Å². The highest BCUT2D eigenvalue weighted by molar-refractivity contribution is 5.19. The van der Waals surface area contributed by atoms with Gasteiger partial charge in [0.25, 0.3) is 0 Å². The fourth-order valence-corrected chi connectivity index (χ4v) is 1.19. The van der Waals surface area contributed by atoms with E-state index in [2.05, 4.69) is 0 Å². The Balaban J connectivity index is 2.78. The van der Waals surface area contributed by atoms with Crippen molar-refractivity contribution in [2.24, 2.45) is 5.92 Å². The maximum atomic E-state index is 9.76. The molecule has 64 valence electrons. The minimum Gasteiger partial charge on any atom is -0.362 e. The quantitative estimate of drug-likeness (QED) is 0.620. The van der Waals surface area contributed by atoms with Crippen LogP contribution < -0.4 is 0 Å². The number of nitriles is 1. The normalized spacial score (nSPS) is 33.2. The van der Waals surface area contributed by atoms with Crippen LogP contribution >= 0.6 is 0 Å². The van der Waals surface area contributed by atoms with Gasteiger partial charge in [-0.25, -0.2) is 0 Å². The van der Waals surface area contributed by atoms with E-state index in [0.29, 0.717) is 0 Å². The van der Waals surface area contributed by atoms with Gasteiger partial charge in [0, 0.05) is 19.4 Å². The molecule has 1 aliphatic carbocycles. The second kappa shape index (κ2) is 3.53. The van der Waals surface area contributed by atoms with Crippen LogP contribution in [0.15, 0.2) is 24.3 Å². The fraction of sp³-hybridized carbons (Fsp3) is 0.444. The lowest BCUT2D eigenvalue weighted by Crippen LogP contribution is -2.37. The van der Waals surface area contributed by atoms with Crippen molar-refractivity contribution in [2.45, 2.75) is 12.2 Å². The molecular formula is C9H11NO2. The zero-order valence-corrected chi connectivity index (χ0v) is 6.90. The van der Waals surface area contributed by atoms with E-state index in [1.54, 1.807) is 24.3 Å². The smallest absolute Gasteiger partial charge is 0.192 e. The summed E-state index contributed by atoms with van der Waals surface area (Å²) in [7, 11) is 1.42. The number of methoxy groups -OCH3 is 1. The fourth-order valence-electron chi connectivity index (χ4n) is 1.19. The van der Waals surface area contributed by atoms with E-state index in [9.17, 15) is 5.11 Å². The molecular weight excluding hydrogens is 154 g/mol. The van der Waals surface area contributed by atoms with Gasteiger partial charge in [-0.3, -0.25) is 0 Å². The number of ether oxygens (including phenoxy) is 1. The SMILES string of the molecule is COC1(O)C=CC=CC1CC#N. The molecule has 0 aromatic heterocycles. The molecule has 0 saturated carbocycles. The van der Waals surface area contributed by atoms with Crippen molar-refractivity contribution >= 4 is 0 Å². The first-order valence-electron chi connectivity index (χ1n) is 3.73. The van der Waals surface area contributed by atoms with Gasteiger partial charge in [-0.15, -0.1) is 0 Å². The highest BCUT2D eigenvalue weighted by Crippen LogP contribution is 2.27. The molecule has 0 radical (unpaired) electrons. The van der Waals surface area contributed by atoms with Crippen molar-refractivity contribution in [3.63, 3.8) is 0 Å². The molecule has 0 bridgehead atoms. The predicted octanol–water partition coefficient (Wildman–Crippen LogP) is 0.977. The van der Waals surface area contributed by atoms with Gasteiger partial charge in [0.05, 0.1) is 6.07 Å². The minimum absolute atomic E-state index is 0.255. The summed E-state index contributed by atoms with van der Waals surface area (Å²) in [6.45, 7) is 0. The highest BCUT2D eigenvalue weighted by atomic mass is 16.6. The first kappa shape index (κ1) is 8.98. The molecule has 1 rings (SSSR count). The van der Waals surface area contributed by atoms with Gasteiger partial charge in [0.2, 0.25) is 0 Å². The molecule has 0 aromatic carbocycles. The Bertz CT molecular complexity index is 252. The van der Waals surface area contributed by atoms with E-state index in [1.165, 1.54) is 7.11 Å². The van der Waals surface area contributed by atoms with Crippen molar-refractivity contribution in [3.05, 3.63) is 24.3 Å². The molecule has 2 unspecified atom stereocenters. The van der Waals surface area contributed by atoms with Gasteiger partial charge in [-0.2, -0.15) is 5.26 Å². The van der Waals surface area contributed by atoms with Crippen molar-refractivity contribution in [1.29, 1.82) is 5.26 Å². The molecule has 0 fully saturated rings. The second-order valence-electron chi connectivity index (χ2n) is 2.67. The summed E-state index contributed by atoms with van der Waals surface area (Å²) in [5.41, 5.74) is 0. The number of hydrogen-bond donors (Lipinski definition) is 1. The Labute approximate surface area is 71.6 Å². The van der Waals surface area contributed by atoms with Crippen molar-refractivity contribution in [2.75, 3.05) is 7.11 Å². The Hall–Kier alpha value is -1.11. The van der Waals surface area contributed by atoms with Gasteiger partial charge in [-0.05, 0) is 6.08 Å². The predicted molar refractivity (Wildman–Crippen MR) is 44.0 cm³/mol. The largest absolute Gasteiger partial charge is 0.362 e. The van der Waals surface area contributed by atoms with Crippen LogP contribution in [0.2, 0.25) is 0 Å². The van der Waals surface area contributed by atoms with Gasteiger partial charge in [0.15, 0.2) is 5.79 Å². The number of allylic oxidation sites excluding steroid dienone is 2.